The Morgan fingerprint density at radius 1 is 1.58 bits per heavy atom. The second kappa shape index (κ2) is 3.58. The van der Waals surface area contributed by atoms with Gasteiger partial charge in [-0.3, -0.25) is 0 Å². The zero-order chi connectivity index (χ0) is 9.35. The molecule has 1 heterocycles. The van der Waals surface area contributed by atoms with E-state index in [0.717, 1.165) is 0 Å². The highest BCUT2D eigenvalue weighted by molar-refractivity contribution is 8.02. The van der Waals surface area contributed by atoms with Crippen LogP contribution in [0.1, 0.15) is 6.92 Å². The van der Waals surface area contributed by atoms with E-state index in [0.29, 0.717) is 0 Å². The molecule has 0 spiro atoms. The third kappa shape index (κ3) is 1.51. The average molecular weight is 189 g/mol. The molecule has 1 saturated heterocycles. The molecule has 3 N–H and O–H groups in total. The Morgan fingerprint density at radius 2 is 2.17 bits per heavy atom. The number of aliphatic hydroxyl groups is 3. The predicted molar refractivity (Wildman–Crippen MR) is 50.5 cm³/mol. The maximum Gasteiger partial charge on any atom is 0.127 e. The smallest absolute Gasteiger partial charge is 0.127 e. The van der Waals surface area contributed by atoms with Gasteiger partial charge in [0.2, 0.25) is 0 Å². The highest BCUT2D eigenvalue weighted by atomic mass is 32.2. The van der Waals surface area contributed by atoms with Crippen LogP contribution in [0, 0.1) is 0 Å². The van der Waals surface area contributed by atoms with Crippen LogP contribution in [0.3, 0.4) is 0 Å². The maximum atomic E-state index is 9.81. The van der Waals surface area contributed by atoms with Gasteiger partial charge in [-0.05, 0) is 6.92 Å². The molecule has 1 rings (SSSR count). The molecule has 0 aromatic heterocycles. The summed E-state index contributed by atoms with van der Waals surface area (Å²) in [5, 5.41) is 27.9. The lowest BCUT2D eigenvalue weighted by Crippen LogP contribution is -2.47. The van der Waals surface area contributed by atoms with Crippen molar-refractivity contribution in [1.82, 2.24) is 0 Å². The summed E-state index contributed by atoms with van der Waals surface area (Å²) >= 11 is 1.42. The Labute approximate surface area is 77.4 Å². The molecule has 5 heteroatoms. The van der Waals surface area contributed by atoms with E-state index in [2.05, 4.69) is 0 Å². The zero-order valence-electron chi connectivity index (χ0n) is 7.27. The highest BCUT2D eigenvalue weighted by Gasteiger charge is 2.49. The second-order valence-corrected chi connectivity index (χ2v) is 4.67. The maximum absolute atomic E-state index is 9.81. The summed E-state index contributed by atoms with van der Waals surface area (Å²) < 4.78 is 0. The molecule has 1 aliphatic rings. The van der Waals surface area contributed by atoms with Gasteiger partial charge < -0.3 is 15.3 Å². The van der Waals surface area contributed by atoms with E-state index in [-0.39, 0.29) is 17.0 Å². The molecule has 4 atom stereocenters. The minimum atomic E-state index is -1.10. The van der Waals surface area contributed by atoms with Gasteiger partial charge in [-0.1, -0.05) is 6.82 Å². The van der Waals surface area contributed by atoms with Crippen molar-refractivity contribution in [2.75, 3.05) is 6.61 Å². The van der Waals surface area contributed by atoms with E-state index in [4.69, 9.17) is 5.11 Å². The van der Waals surface area contributed by atoms with Gasteiger partial charge in [0.25, 0.3) is 0 Å². The number of thioether (sulfide) groups is 1. The van der Waals surface area contributed by atoms with Gasteiger partial charge in [0.05, 0.1) is 23.6 Å². The molecule has 0 bridgehead atoms. The third-order valence-corrected chi connectivity index (χ3v) is 4.13. The van der Waals surface area contributed by atoms with E-state index in [1.54, 1.807) is 6.92 Å². The molecule has 1 radical (unpaired) electrons. The fourth-order valence-corrected chi connectivity index (χ4v) is 2.96. The van der Waals surface area contributed by atoms with Crippen LogP contribution in [0.15, 0.2) is 0 Å². The second-order valence-electron chi connectivity index (χ2n) is 3.28. The lowest BCUT2D eigenvalue weighted by Gasteiger charge is -2.27. The third-order valence-electron chi connectivity index (χ3n) is 2.33. The monoisotopic (exact) mass is 189 g/mol. The quantitative estimate of drug-likeness (QED) is 0.502. The Bertz CT molecular complexity index is 161. The largest absolute Gasteiger partial charge is 0.395 e. The Morgan fingerprint density at radius 3 is 2.42 bits per heavy atom. The SMILES string of the molecule is C[B][C@@H]1S[C@H](CO)[C@@H](O)[C@@]1(C)O. The van der Waals surface area contributed by atoms with Gasteiger partial charge in [0.1, 0.15) is 7.28 Å². The van der Waals surface area contributed by atoms with Gasteiger partial charge >= 0.3 is 0 Å². The molecule has 0 aromatic rings. The molecule has 0 saturated carbocycles. The molecule has 0 aliphatic carbocycles. The van der Waals surface area contributed by atoms with Crippen molar-refractivity contribution < 1.29 is 15.3 Å². The zero-order valence-corrected chi connectivity index (χ0v) is 8.08. The first kappa shape index (κ1) is 10.4. The molecule has 3 nitrogen and oxygen atoms in total. The Kier molecular flexibility index (Phi) is 3.09. The molecule has 12 heavy (non-hydrogen) atoms. The van der Waals surface area contributed by atoms with Crippen molar-refractivity contribution in [2.24, 2.45) is 0 Å². The van der Waals surface area contributed by atoms with Crippen LogP contribution in [0.25, 0.3) is 0 Å². The molecule has 69 valence electrons. The van der Waals surface area contributed by atoms with Crippen molar-refractivity contribution in [2.45, 2.75) is 35.9 Å². The van der Waals surface area contributed by atoms with Gasteiger partial charge in [-0.2, -0.15) is 11.8 Å². The summed E-state index contributed by atoms with van der Waals surface area (Å²) in [5.41, 5.74) is -1.10. The van der Waals surface area contributed by atoms with E-state index in [1.807, 2.05) is 14.1 Å². The molecular weight excluding hydrogens is 175 g/mol. The van der Waals surface area contributed by atoms with E-state index < -0.39 is 11.7 Å². The minimum absolute atomic E-state index is 0.0909. The predicted octanol–water partition coefficient (Wildman–Crippen LogP) is -0.716. The first-order valence-electron chi connectivity index (χ1n) is 4.00. The lowest BCUT2D eigenvalue weighted by atomic mass is 9.68. The van der Waals surface area contributed by atoms with Crippen molar-refractivity contribution >= 4 is 19.0 Å². The number of aliphatic hydroxyl groups excluding tert-OH is 2. The fraction of sp³-hybridized carbons (Fsp3) is 1.00. The first-order chi connectivity index (χ1) is 5.54. The van der Waals surface area contributed by atoms with Gasteiger partial charge in [-0.25, -0.2) is 0 Å². The van der Waals surface area contributed by atoms with Crippen LogP contribution in [-0.4, -0.2) is 51.3 Å². The van der Waals surface area contributed by atoms with Crippen LogP contribution in [-0.2, 0) is 0 Å². The Hall–Kier alpha value is 0.295. The summed E-state index contributed by atoms with van der Waals surface area (Å²) in [5.74, 6) is 0. The number of hydrogen-bond acceptors (Lipinski definition) is 4. The lowest BCUT2D eigenvalue weighted by molar-refractivity contribution is -0.0469. The van der Waals surface area contributed by atoms with Crippen molar-refractivity contribution in [3.63, 3.8) is 0 Å². The van der Waals surface area contributed by atoms with Crippen LogP contribution in [0.5, 0.6) is 0 Å². The van der Waals surface area contributed by atoms with E-state index in [1.165, 1.54) is 11.8 Å². The van der Waals surface area contributed by atoms with Crippen LogP contribution < -0.4 is 0 Å². The number of hydrogen-bond donors (Lipinski definition) is 3. The van der Waals surface area contributed by atoms with E-state index in [9.17, 15) is 10.2 Å². The van der Waals surface area contributed by atoms with Gasteiger partial charge in [0.15, 0.2) is 0 Å². The molecule has 1 aliphatic heterocycles. The topological polar surface area (TPSA) is 60.7 Å². The summed E-state index contributed by atoms with van der Waals surface area (Å²) in [6, 6.07) is 0. The van der Waals surface area contributed by atoms with E-state index >= 15 is 0 Å². The van der Waals surface area contributed by atoms with Crippen molar-refractivity contribution in [1.29, 1.82) is 0 Å². The molecule has 0 unspecified atom stereocenters. The average Bonchev–Trinajstić information content (AvgIpc) is 2.25. The van der Waals surface area contributed by atoms with Gasteiger partial charge in [0, 0.05) is 5.15 Å². The molecule has 0 aromatic carbocycles. The summed E-state index contributed by atoms with van der Waals surface area (Å²) in [6.45, 7) is 3.36. The summed E-state index contributed by atoms with van der Waals surface area (Å²) in [4.78, 5) is 0. The summed E-state index contributed by atoms with van der Waals surface area (Å²) in [6.07, 6.45) is -0.839. The first-order valence-corrected chi connectivity index (χ1v) is 4.94. The Balaban J connectivity index is 2.73. The van der Waals surface area contributed by atoms with Crippen LogP contribution in [0.2, 0.25) is 6.82 Å². The van der Waals surface area contributed by atoms with Crippen molar-refractivity contribution in [3.05, 3.63) is 0 Å². The molecule has 1 fully saturated rings. The van der Waals surface area contributed by atoms with Gasteiger partial charge in [-0.15, -0.1) is 0 Å². The fourth-order valence-electron chi connectivity index (χ4n) is 1.50. The van der Waals surface area contributed by atoms with Crippen LogP contribution in [0.4, 0.5) is 0 Å². The molecular formula is C7H14BO3S. The van der Waals surface area contributed by atoms with Crippen molar-refractivity contribution in [3.8, 4) is 0 Å². The molecule has 0 amide bonds. The standard InChI is InChI=1S/C7H14BO3S/c1-7(11)5(10)4(3-9)12-6(7)8-2/h4-6,9-11H,3H2,1-2H3/t4-,5-,6-,7-/m1/s1. The van der Waals surface area contributed by atoms with Crippen LogP contribution >= 0.6 is 11.8 Å². The summed E-state index contributed by atoms with van der Waals surface area (Å²) in [7, 11) is 1.85. The highest BCUT2D eigenvalue weighted by Crippen LogP contribution is 2.40. The normalized spacial score (nSPS) is 47.9. The minimum Gasteiger partial charge on any atom is -0.395 e. The number of rotatable bonds is 2.